The van der Waals surface area contributed by atoms with E-state index in [1.807, 2.05) is 11.0 Å². The lowest BCUT2D eigenvalue weighted by Gasteiger charge is -2.29. The Morgan fingerprint density at radius 3 is 2.40 bits per heavy atom. The molecule has 112 valence electrons. The van der Waals surface area contributed by atoms with Gasteiger partial charge in [0.2, 0.25) is 0 Å². The van der Waals surface area contributed by atoms with Gasteiger partial charge in [0.05, 0.1) is 5.56 Å². The van der Waals surface area contributed by atoms with Crippen molar-refractivity contribution < 1.29 is 13.2 Å². The number of hydrogen-bond acceptors (Lipinski definition) is 2. The summed E-state index contributed by atoms with van der Waals surface area (Å²) in [4.78, 5) is 2.05. The number of benzene rings is 1. The summed E-state index contributed by atoms with van der Waals surface area (Å²) in [6.07, 6.45) is -0.0722. The van der Waals surface area contributed by atoms with E-state index in [-0.39, 0.29) is 0 Å². The van der Waals surface area contributed by atoms with Gasteiger partial charge in [-0.3, -0.25) is 0 Å². The fraction of sp³-hybridized carbons (Fsp3) is 0.600. The molecule has 0 bridgehead atoms. The average molecular weight is 286 g/mol. The van der Waals surface area contributed by atoms with Gasteiger partial charge in [0, 0.05) is 18.8 Å². The maximum absolute atomic E-state index is 13.2. The molecule has 1 saturated heterocycles. The van der Waals surface area contributed by atoms with E-state index in [0.717, 1.165) is 32.4 Å². The van der Waals surface area contributed by atoms with Crippen LogP contribution in [0, 0.1) is 0 Å². The Balaban J connectivity index is 2.27. The van der Waals surface area contributed by atoms with Crippen molar-refractivity contribution in [1.82, 2.24) is 0 Å². The molecule has 1 aliphatic rings. The maximum Gasteiger partial charge on any atom is 0.416 e. The Bertz CT molecular complexity index is 437. The van der Waals surface area contributed by atoms with Gasteiger partial charge >= 0.3 is 6.18 Å². The number of anilines is 1. The van der Waals surface area contributed by atoms with E-state index in [1.54, 1.807) is 6.07 Å². The topological polar surface area (TPSA) is 29.3 Å². The van der Waals surface area contributed by atoms with Gasteiger partial charge in [-0.05, 0) is 56.3 Å². The highest BCUT2D eigenvalue weighted by Crippen LogP contribution is 2.35. The van der Waals surface area contributed by atoms with Crippen LogP contribution in [0.1, 0.15) is 36.8 Å². The van der Waals surface area contributed by atoms with Crippen molar-refractivity contribution in [3.63, 3.8) is 0 Å². The van der Waals surface area contributed by atoms with E-state index in [9.17, 15) is 13.2 Å². The molecule has 1 fully saturated rings. The van der Waals surface area contributed by atoms with Gasteiger partial charge in [0.25, 0.3) is 0 Å². The molecule has 0 radical (unpaired) electrons. The Hall–Kier alpha value is -1.23. The maximum atomic E-state index is 13.2. The van der Waals surface area contributed by atoms with E-state index >= 15 is 0 Å². The molecule has 2 nitrogen and oxygen atoms in total. The monoisotopic (exact) mass is 286 g/mol. The molecule has 20 heavy (non-hydrogen) atoms. The summed E-state index contributed by atoms with van der Waals surface area (Å²) in [5.74, 6) is 0. The molecular weight excluding hydrogens is 265 g/mol. The predicted molar refractivity (Wildman–Crippen MR) is 74.9 cm³/mol. The zero-order valence-corrected chi connectivity index (χ0v) is 11.5. The zero-order valence-electron chi connectivity index (χ0n) is 11.5. The molecule has 1 aromatic carbocycles. The number of nitrogens with zero attached hydrogens (tertiary/aromatic N) is 1. The van der Waals surface area contributed by atoms with Crippen molar-refractivity contribution >= 4 is 5.69 Å². The second-order valence-corrected chi connectivity index (χ2v) is 5.28. The lowest BCUT2D eigenvalue weighted by molar-refractivity contribution is -0.138. The quantitative estimate of drug-likeness (QED) is 0.916. The van der Waals surface area contributed by atoms with Crippen LogP contribution in [0.5, 0.6) is 0 Å². The van der Waals surface area contributed by atoms with Gasteiger partial charge in [-0.1, -0.05) is 6.07 Å². The lowest BCUT2D eigenvalue weighted by Crippen LogP contribution is -2.29. The Morgan fingerprint density at radius 1 is 1.10 bits per heavy atom. The van der Waals surface area contributed by atoms with Crippen LogP contribution < -0.4 is 10.6 Å². The molecular formula is C15H21F3N2. The largest absolute Gasteiger partial charge is 0.416 e. The van der Waals surface area contributed by atoms with E-state index in [2.05, 4.69) is 0 Å². The number of rotatable bonds is 4. The van der Waals surface area contributed by atoms with Gasteiger partial charge in [-0.2, -0.15) is 13.2 Å². The minimum atomic E-state index is -4.30. The van der Waals surface area contributed by atoms with Gasteiger partial charge in [-0.25, -0.2) is 0 Å². The molecule has 1 aliphatic heterocycles. The molecule has 2 N–H and O–H groups in total. The van der Waals surface area contributed by atoms with Crippen LogP contribution >= 0.6 is 0 Å². The van der Waals surface area contributed by atoms with Crippen LogP contribution in [0.2, 0.25) is 0 Å². The Morgan fingerprint density at radius 2 is 1.80 bits per heavy atom. The number of piperidine rings is 1. The fourth-order valence-electron chi connectivity index (χ4n) is 2.69. The molecule has 0 spiro atoms. The third-order valence-electron chi connectivity index (χ3n) is 3.77. The zero-order chi connectivity index (χ0) is 14.6. The molecule has 0 aliphatic carbocycles. The summed E-state index contributed by atoms with van der Waals surface area (Å²) < 4.78 is 39.5. The summed E-state index contributed by atoms with van der Waals surface area (Å²) in [5.41, 5.74) is 5.93. The highest BCUT2D eigenvalue weighted by molar-refractivity contribution is 5.52. The third kappa shape index (κ3) is 3.66. The molecule has 0 unspecified atom stereocenters. The molecule has 1 heterocycles. The molecule has 5 heteroatoms. The number of halogens is 3. The van der Waals surface area contributed by atoms with Crippen molar-refractivity contribution in [2.75, 3.05) is 24.5 Å². The van der Waals surface area contributed by atoms with Gasteiger partial charge in [-0.15, -0.1) is 0 Å². The highest BCUT2D eigenvalue weighted by Gasteiger charge is 2.33. The third-order valence-corrected chi connectivity index (χ3v) is 3.77. The molecule has 0 atom stereocenters. The molecule has 0 saturated carbocycles. The van der Waals surface area contributed by atoms with E-state index < -0.39 is 11.7 Å². The Kier molecular flexibility index (Phi) is 4.91. The van der Waals surface area contributed by atoms with E-state index in [1.165, 1.54) is 6.07 Å². The Labute approximate surface area is 117 Å². The van der Waals surface area contributed by atoms with Crippen LogP contribution in [-0.2, 0) is 12.6 Å². The van der Waals surface area contributed by atoms with Crippen molar-refractivity contribution in [2.45, 2.75) is 38.3 Å². The molecule has 0 aromatic heterocycles. The first-order valence-corrected chi connectivity index (χ1v) is 7.17. The normalized spacial score (nSPS) is 16.5. The van der Waals surface area contributed by atoms with Crippen molar-refractivity contribution in [1.29, 1.82) is 0 Å². The minimum absolute atomic E-state index is 0.351. The van der Waals surface area contributed by atoms with Crippen LogP contribution in [0.25, 0.3) is 0 Å². The minimum Gasteiger partial charge on any atom is -0.372 e. The first-order chi connectivity index (χ1) is 9.52. The highest BCUT2D eigenvalue weighted by atomic mass is 19.4. The van der Waals surface area contributed by atoms with Crippen LogP contribution in [0.3, 0.4) is 0 Å². The molecule has 2 rings (SSSR count). The van der Waals surface area contributed by atoms with Crippen molar-refractivity contribution in [3.05, 3.63) is 29.3 Å². The van der Waals surface area contributed by atoms with E-state index in [0.29, 0.717) is 30.6 Å². The van der Waals surface area contributed by atoms with Crippen molar-refractivity contribution in [3.8, 4) is 0 Å². The SMILES string of the molecule is NCCCc1ccc(N2CCCCC2)cc1C(F)(F)F. The summed E-state index contributed by atoms with van der Waals surface area (Å²) in [5, 5.41) is 0. The van der Waals surface area contributed by atoms with E-state index in [4.69, 9.17) is 5.73 Å². The van der Waals surface area contributed by atoms with Crippen LogP contribution in [-0.4, -0.2) is 19.6 Å². The van der Waals surface area contributed by atoms with Gasteiger partial charge in [0.1, 0.15) is 0 Å². The second-order valence-electron chi connectivity index (χ2n) is 5.28. The second kappa shape index (κ2) is 6.48. The summed E-state index contributed by atoms with van der Waals surface area (Å²) in [7, 11) is 0. The standard InChI is InChI=1S/C15H21F3N2/c16-15(17,18)14-11-13(20-9-2-1-3-10-20)7-6-12(14)5-4-8-19/h6-7,11H,1-5,8-10,19H2. The first-order valence-electron chi connectivity index (χ1n) is 7.17. The van der Waals surface area contributed by atoms with Crippen LogP contribution in [0.15, 0.2) is 18.2 Å². The first kappa shape index (κ1) is 15.2. The summed E-state index contributed by atoms with van der Waals surface area (Å²) in [6.45, 7) is 2.10. The number of aryl methyl sites for hydroxylation is 1. The number of nitrogens with two attached hydrogens (primary N) is 1. The van der Waals surface area contributed by atoms with Crippen molar-refractivity contribution in [2.24, 2.45) is 5.73 Å². The lowest BCUT2D eigenvalue weighted by atomic mass is 10.0. The number of alkyl halides is 3. The predicted octanol–water partition coefficient (Wildman–Crippen LogP) is 3.59. The molecule has 1 aromatic rings. The van der Waals surface area contributed by atoms with Gasteiger partial charge in [0.15, 0.2) is 0 Å². The fourth-order valence-corrected chi connectivity index (χ4v) is 2.69. The number of hydrogen-bond donors (Lipinski definition) is 1. The smallest absolute Gasteiger partial charge is 0.372 e. The average Bonchev–Trinajstić information content (AvgIpc) is 2.45. The summed E-state index contributed by atoms with van der Waals surface area (Å²) >= 11 is 0. The molecule has 0 amide bonds. The summed E-state index contributed by atoms with van der Waals surface area (Å²) in [6, 6.07) is 4.73. The van der Waals surface area contributed by atoms with Gasteiger partial charge < -0.3 is 10.6 Å². The van der Waals surface area contributed by atoms with Crippen LogP contribution in [0.4, 0.5) is 18.9 Å².